The largest absolute Gasteiger partial charge is 0.381 e. The Morgan fingerprint density at radius 3 is 2.97 bits per heavy atom. The molecule has 0 amide bonds. The van der Waals surface area contributed by atoms with Crippen LogP contribution in [-0.2, 0) is 6.54 Å². The smallest absolute Gasteiger partial charge is 0.171 e. The maximum atomic E-state index is 12.8. The molecule has 1 aliphatic rings. The van der Waals surface area contributed by atoms with E-state index in [1.807, 2.05) is 29.2 Å². The van der Waals surface area contributed by atoms with E-state index in [9.17, 15) is 4.39 Å². The molecule has 0 spiro atoms. The summed E-state index contributed by atoms with van der Waals surface area (Å²) >= 11 is 0. The van der Waals surface area contributed by atoms with Gasteiger partial charge in [-0.15, -0.1) is 0 Å². The van der Waals surface area contributed by atoms with Gasteiger partial charge in [-0.2, -0.15) is 0 Å². The van der Waals surface area contributed by atoms with Crippen molar-refractivity contribution in [2.75, 3.05) is 55.9 Å². The Hall–Kier alpha value is -3.49. The fourth-order valence-electron chi connectivity index (χ4n) is 3.56. The van der Waals surface area contributed by atoms with Crippen LogP contribution in [0.2, 0.25) is 0 Å². The number of halogens is 1. The van der Waals surface area contributed by atoms with Crippen molar-refractivity contribution < 1.29 is 4.39 Å². The second-order valence-corrected chi connectivity index (χ2v) is 7.08. The van der Waals surface area contributed by atoms with E-state index in [1.165, 1.54) is 0 Å². The number of piperazine rings is 1. The summed E-state index contributed by atoms with van der Waals surface area (Å²) in [5.74, 6) is 2.45. The van der Waals surface area contributed by atoms with Crippen molar-refractivity contribution >= 4 is 34.2 Å². The monoisotopic (exact) mass is 408 g/mol. The third-order valence-corrected chi connectivity index (χ3v) is 5.19. The number of anilines is 3. The second-order valence-electron chi connectivity index (χ2n) is 7.08. The van der Waals surface area contributed by atoms with Gasteiger partial charge in [0, 0.05) is 44.8 Å². The molecule has 4 rings (SSSR count). The molecule has 1 aromatic carbocycles. The number of hydrogen-bond acceptors (Lipinski definition) is 7. The van der Waals surface area contributed by atoms with Crippen molar-refractivity contribution in [3.05, 3.63) is 48.3 Å². The first-order chi connectivity index (χ1) is 14.7. The van der Waals surface area contributed by atoms with Crippen molar-refractivity contribution in [3.63, 3.8) is 0 Å². The minimum atomic E-state index is -0.389. The number of fused-ring (bicyclic) bond motifs is 1. The Morgan fingerprint density at radius 2 is 2.13 bits per heavy atom. The van der Waals surface area contributed by atoms with Crippen molar-refractivity contribution in [1.29, 1.82) is 0 Å². The van der Waals surface area contributed by atoms with E-state index < -0.39 is 0 Å². The molecule has 0 atom stereocenters. The Labute approximate surface area is 174 Å². The summed E-state index contributed by atoms with van der Waals surface area (Å²) in [6, 6.07) is 10.1. The standard InChI is InChI=1S/C21H25FN8/c1-24-19-14-30(10-9-29(19)8-6-22)18-13-26-20(23)21(28-18)27-12-15-4-5-17-16(11-15)3-2-7-25-17/h2-5,7,11,13H,6,8-10,12,14H2,1H3,(H2,23,26)(H,27,28). The van der Waals surface area contributed by atoms with Crippen molar-refractivity contribution in [2.24, 2.45) is 4.99 Å². The lowest BCUT2D eigenvalue weighted by molar-refractivity contribution is 0.342. The average Bonchev–Trinajstić information content (AvgIpc) is 2.79. The van der Waals surface area contributed by atoms with E-state index in [2.05, 4.69) is 36.2 Å². The van der Waals surface area contributed by atoms with Gasteiger partial charge in [-0.05, 0) is 23.8 Å². The van der Waals surface area contributed by atoms with Crippen LogP contribution in [0.1, 0.15) is 5.56 Å². The third kappa shape index (κ3) is 4.24. The Kier molecular flexibility index (Phi) is 5.87. The molecule has 30 heavy (non-hydrogen) atoms. The lowest BCUT2D eigenvalue weighted by atomic mass is 10.1. The molecule has 0 radical (unpaired) electrons. The van der Waals surface area contributed by atoms with E-state index in [-0.39, 0.29) is 6.67 Å². The quantitative estimate of drug-likeness (QED) is 0.646. The molecule has 1 saturated heterocycles. The van der Waals surface area contributed by atoms with E-state index in [1.54, 1.807) is 19.4 Å². The zero-order valence-corrected chi connectivity index (χ0v) is 16.9. The number of pyridine rings is 1. The molecule has 0 bridgehead atoms. The van der Waals surface area contributed by atoms with Crippen molar-refractivity contribution in [2.45, 2.75) is 6.54 Å². The Bertz CT molecular complexity index is 1050. The average molecular weight is 408 g/mol. The van der Waals surface area contributed by atoms with E-state index in [4.69, 9.17) is 5.73 Å². The minimum Gasteiger partial charge on any atom is -0.381 e. The van der Waals surface area contributed by atoms with Crippen LogP contribution in [0.25, 0.3) is 10.9 Å². The predicted molar refractivity (Wildman–Crippen MR) is 119 cm³/mol. The normalized spacial score (nSPS) is 15.7. The number of benzene rings is 1. The molecule has 3 N–H and O–H groups in total. The van der Waals surface area contributed by atoms with Crippen LogP contribution in [0.3, 0.4) is 0 Å². The number of nitrogens with zero attached hydrogens (tertiary/aromatic N) is 6. The van der Waals surface area contributed by atoms with Crippen LogP contribution in [0, 0.1) is 0 Å². The van der Waals surface area contributed by atoms with Gasteiger partial charge in [-0.1, -0.05) is 12.1 Å². The molecule has 2 aromatic heterocycles. The molecule has 156 valence electrons. The topological polar surface area (TPSA) is 95.6 Å². The van der Waals surface area contributed by atoms with Crippen LogP contribution in [-0.4, -0.2) is 65.6 Å². The van der Waals surface area contributed by atoms with Gasteiger partial charge < -0.3 is 20.9 Å². The minimum absolute atomic E-state index is 0.349. The fraction of sp³-hybridized carbons (Fsp3) is 0.333. The second kappa shape index (κ2) is 8.89. The summed E-state index contributed by atoms with van der Waals surface area (Å²) in [6.45, 7) is 2.51. The van der Waals surface area contributed by atoms with Gasteiger partial charge in [0.05, 0.1) is 18.3 Å². The predicted octanol–water partition coefficient (Wildman–Crippen LogP) is 2.34. The van der Waals surface area contributed by atoms with Gasteiger partial charge in [0.1, 0.15) is 18.3 Å². The molecule has 8 nitrogen and oxygen atoms in total. The summed E-state index contributed by atoms with van der Waals surface area (Å²) in [6.07, 6.45) is 3.45. The van der Waals surface area contributed by atoms with Gasteiger partial charge in [-0.25, -0.2) is 14.4 Å². The van der Waals surface area contributed by atoms with Crippen LogP contribution >= 0.6 is 0 Å². The molecule has 0 saturated carbocycles. The summed E-state index contributed by atoms with van der Waals surface area (Å²) in [7, 11) is 1.73. The maximum absolute atomic E-state index is 12.8. The highest BCUT2D eigenvalue weighted by Crippen LogP contribution is 2.21. The van der Waals surface area contributed by atoms with Crippen LogP contribution in [0.4, 0.5) is 21.8 Å². The molecular formula is C21H25FN8. The highest BCUT2D eigenvalue weighted by atomic mass is 19.1. The summed E-state index contributed by atoms with van der Waals surface area (Å²) < 4.78 is 12.8. The number of nitrogens with two attached hydrogens (primary N) is 1. The zero-order chi connectivity index (χ0) is 20.9. The first-order valence-electron chi connectivity index (χ1n) is 9.89. The first kappa shape index (κ1) is 19.8. The lowest BCUT2D eigenvalue weighted by Crippen LogP contribution is -2.51. The van der Waals surface area contributed by atoms with Gasteiger partial charge in [0.25, 0.3) is 0 Å². The third-order valence-electron chi connectivity index (χ3n) is 5.19. The van der Waals surface area contributed by atoms with Crippen molar-refractivity contribution in [3.8, 4) is 0 Å². The number of rotatable bonds is 6. The summed E-state index contributed by atoms with van der Waals surface area (Å²) in [5.41, 5.74) is 8.11. The number of nitrogens with one attached hydrogen (secondary N) is 1. The number of amidine groups is 1. The van der Waals surface area contributed by atoms with Crippen LogP contribution in [0.15, 0.2) is 47.7 Å². The number of nitrogen functional groups attached to an aromatic ring is 1. The fourth-order valence-corrected chi connectivity index (χ4v) is 3.56. The number of alkyl halides is 1. The van der Waals surface area contributed by atoms with E-state index >= 15 is 0 Å². The highest BCUT2D eigenvalue weighted by Gasteiger charge is 2.23. The summed E-state index contributed by atoms with van der Waals surface area (Å²) in [5, 5.41) is 4.38. The molecule has 0 aliphatic carbocycles. The van der Waals surface area contributed by atoms with Gasteiger partial charge >= 0.3 is 0 Å². The molecule has 0 unspecified atom stereocenters. The van der Waals surface area contributed by atoms with E-state index in [0.717, 1.165) is 28.1 Å². The molecule has 3 aromatic rings. The molecule has 3 heterocycles. The van der Waals surface area contributed by atoms with Gasteiger partial charge in [0.2, 0.25) is 0 Å². The zero-order valence-electron chi connectivity index (χ0n) is 16.9. The SMILES string of the molecule is CN=C1CN(c2cnc(N)c(NCc3ccc4ncccc4c3)n2)CCN1CCF. The Morgan fingerprint density at radius 1 is 1.23 bits per heavy atom. The Balaban J connectivity index is 1.47. The highest BCUT2D eigenvalue weighted by molar-refractivity contribution is 5.87. The number of aromatic nitrogens is 3. The number of hydrogen-bond donors (Lipinski definition) is 2. The first-order valence-corrected chi connectivity index (χ1v) is 9.89. The van der Waals surface area contributed by atoms with Crippen LogP contribution in [0.5, 0.6) is 0 Å². The molecule has 9 heteroatoms. The maximum Gasteiger partial charge on any atom is 0.171 e. The van der Waals surface area contributed by atoms with Crippen LogP contribution < -0.4 is 16.0 Å². The lowest BCUT2D eigenvalue weighted by Gasteiger charge is -2.37. The molecular weight excluding hydrogens is 383 g/mol. The number of aliphatic imine (C=N–C) groups is 1. The van der Waals surface area contributed by atoms with E-state index in [0.29, 0.717) is 44.4 Å². The summed E-state index contributed by atoms with van der Waals surface area (Å²) in [4.78, 5) is 21.7. The van der Waals surface area contributed by atoms with Crippen molar-refractivity contribution in [1.82, 2.24) is 19.9 Å². The van der Waals surface area contributed by atoms with Gasteiger partial charge in [-0.3, -0.25) is 9.98 Å². The van der Waals surface area contributed by atoms with Gasteiger partial charge in [0.15, 0.2) is 11.6 Å². The molecule has 1 aliphatic heterocycles. The molecule has 1 fully saturated rings.